The maximum Gasteiger partial charge on any atom is 0.0739 e. The molecule has 0 fully saturated rings. The van der Waals surface area contributed by atoms with Crippen molar-refractivity contribution in [2.45, 2.75) is 19.3 Å². The van der Waals surface area contributed by atoms with Gasteiger partial charge in [0, 0.05) is 50.5 Å². The molecule has 13 aromatic rings. The van der Waals surface area contributed by atoms with Crippen LogP contribution in [0.4, 0.5) is 34.1 Å². The van der Waals surface area contributed by atoms with Gasteiger partial charge in [0.25, 0.3) is 0 Å². The second-order valence-corrected chi connectivity index (χ2v) is 20.1. The monoisotopic (exact) mass is 943 g/mol. The molecule has 3 nitrogen and oxygen atoms in total. The topological polar surface area (TPSA) is 11.4 Å². The molecule has 0 atom stereocenters. The van der Waals surface area contributed by atoms with Gasteiger partial charge in [-0.2, -0.15) is 0 Å². The first-order chi connectivity index (χ1) is 36.6. The van der Waals surface area contributed by atoms with Crippen LogP contribution in [0, 0.1) is 13.8 Å². The molecule has 1 spiro atoms. The molecule has 0 unspecified atom stereocenters. The number of fused-ring (bicyclic) bond motifs is 19. The molecule has 0 saturated heterocycles. The van der Waals surface area contributed by atoms with Crippen LogP contribution < -0.4 is 9.80 Å². The summed E-state index contributed by atoms with van der Waals surface area (Å²) >= 11 is 0. The van der Waals surface area contributed by atoms with Crippen LogP contribution in [0.15, 0.2) is 261 Å². The Bertz CT molecular complexity index is 4320. The Morgan fingerprint density at radius 1 is 0.324 bits per heavy atom. The molecule has 0 N–H and O–H groups in total. The van der Waals surface area contributed by atoms with E-state index in [0.29, 0.717) is 0 Å². The summed E-state index contributed by atoms with van der Waals surface area (Å²) in [5.41, 5.74) is 22.2. The van der Waals surface area contributed by atoms with Crippen LogP contribution in [0.25, 0.3) is 71.3 Å². The van der Waals surface area contributed by atoms with Gasteiger partial charge in [-0.25, -0.2) is 0 Å². The maximum atomic E-state index is 2.53. The largest absolute Gasteiger partial charge is 0.310 e. The van der Waals surface area contributed by atoms with Crippen molar-refractivity contribution in [1.82, 2.24) is 4.57 Å². The van der Waals surface area contributed by atoms with E-state index in [1.807, 2.05) is 0 Å². The zero-order valence-corrected chi connectivity index (χ0v) is 41.2. The molecule has 0 amide bonds. The Hall–Kier alpha value is -9.44. The van der Waals surface area contributed by atoms with E-state index in [4.69, 9.17) is 0 Å². The van der Waals surface area contributed by atoms with E-state index in [9.17, 15) is 0 Å². The first kappa shape index (κ1) is 42.3. The molecule has 12 aromatic carbocycles. The fourth-order valence-corrected chi connectivity index (χ4v) is 13.1. The smallest absolute Gasteiger partial charge is 0.0739 e. The third-order valence-corrected chi connectivity index (χ3v) is 16.0. The predicted molar refractivity (Wildman–Crippen MR) is 311 cm³/mol. The van der Waals surface area contributed by atoms with Gasteiger partial charge in [-0.3, -0.25) is 0 Å². The SMILES string of the molecule is Cc1ccc(N(c2ccccc2)c2ccc3c4c(c5ccccc5c3c2)-c2c(N(c3ccccc3)c3ccc(C)cc3)cc3c(c2C42c4ccccc4-c4ccccc42)c2ccccc2n3-c2ccccc2)cc1. The summed E-state index contributed by atoms with van der Waals surface area (Å²) in [5, 5.41) is 7.43. The summed E-state index contributed by atoms with van der Waals surface area (Å²) in [4.78, 5) is 4.94. The fraction of sp³-hybridized carbons (Fsp3) is 0.0423. The van der Waals surface area contributed by atoms with Crippen molar-refractivity contribution in [2.24, 2.45) is 0 Å². The predicted octanol–water partition coefficient (Wildman–Crippen LogP) is 19.0. The summed E-state index contributed by atoms with van der Waals surface area (Å²) < 4.78 is 2.52. The van der Waals surface area contributed by atoms with Gasteiger partial charge in [-0.05, 0) is 159 Å². The lowest BCUT2D eigenvalue weighted by Crippen LogP contribution is -2.27. The van der Waals surface area contributed by atoms with Crippen molar-refractivity contribution < 1.29 is 0 Å². The first-order valence-corrected chi connectivity index (χ1v) is 25.8. The average Bonchev–Trinajstić information content (AvgIpc) is 4.09. The van der Waals surface area contributed by atoms with Crippen LogP contribution in [-0.4, -0.2) is 4.57 Å². The van der Waals surface area contributed by atoms with Gasteiger partial charge < -0.3 is 14.4 Å². The van der Waals surface area contributed by atoms with E-state index in [1.54, 1.807) is 0 Å². The number of hydrogen-bond acceptors (Lipinski definition) is 2. The van der Waals surface area contributed by atoms with Crippen molar-refractivity contribution >= 4 is 77.5 Å². The minimum absolute atomic E-state index is 0.743. The number of para-hydroxylation sites is 4. The van der Waals surface area contributed by atoms with Gasteiger partial charge in [0.05, 0.1) is 22.1 Å². The summed E-state index contributed by atoms with van der Waals surface area (Å²) in [6, 6.07) is 97.5. The van der Waals surface area contributed by atoms with Gasteiger partial charge in [-0.1, -0.05) is 187 Å². The Labute approximate surface area is 431 Å². The Balaban J connectivity index is 1.18. The summed E-state index contributed by atoms with van der Waals surface area (Å²) in [5.74, 6) is 0. The molecular formula is C71H49N3. The molecule has 1 aromatic heterocycles. The van der Waals surface area contributed by atoms with Crippen molar-refractivity contribution in [1.29, 1.82) is 0 Å². The quantitative estimate of drug-likeness (QED) is 0.148. The molecule has 348 valence electrons. The molecule has 3 heteroatoms. The molecule has 0 saturated carbocycles. The van der Waals surface area contributed by atoms with E-state index in [0.717, 1.165) is 39.8 Å². The Morgan fingerprint density at radius 2 is 0.811 bits per heavy atom. The number of anilines is 6. The highest BCUT2D eigenvalue weighted by molar-refractivity contribution is 6.26. The van der Waals surface area contributed by atoms with Crippen molar-refractivity contribution in [3.8, 4) is 27.9 Å². The molecule has 0 bridgehead atoms. The molecule has 2 aliphatic carbocycles. The van der Waals surface area contributed by atoms with Crippen LogP contribution in [0.2, 0.25) is 0 Å². The lowest BCUT2D eigenvalue weighted by molar-refractivity contribution is 0.810. The van der Waals surface area contributed by atoms with E-state index in [2.05, 4.69) is 289 Å². The number of rotatable bonds is 7. The zero-order chi connectivity index (χ0) is 49.1. The molecule has 2 aliphatic rings. The van der Waals surface area contributed by atoms with Crippen molar-refractivity contribution in [3.63, 3.8) is 0 Å². The van der Waals surface area contributed by atoms with Crippen LogP contribution in [-0.2, 0) is 5.41 Å². The molecule has 0 aliphatic heterocycles. The Morgan fingerprint density at radius 3 is 1.45 bits per heavy atom. The van der Waals surface area contributed by atoms with E-state index >= 15 is 0 Å². The summed E-state index contributed by atoms with van der Waals surface area (Å²) in [6.07, 6.45) is 0. The van der Waals surface area contributed by atoms with Crippen LogP contribution >= 0.6 is 0 Å². The van der Waals surface area contributed by atoms with E-state index in [1.165, 1.54) is 99.0 Å². The lowest BCUT2D eigenvalue weighted by Gasteiger charge is -2.33. The normalized spacial score (nSPS) is 12.8. The van der Waals surface area contributed by atoms with Crippen LogP contribution in [0.3, 0.4) is 0 Å². The summed E-state index contributed by atoms with van der Waals surface area (Å²) in [7, 11) is 0. The minimum atomic E-state index is -0.743. The van der Waals surface area contributed by atoms with E-state index < -0.39 is 5.41 Å². The number of nitrogens with zero attached hydrogens (tertiary/aromatic N) is 3. The molecule has 1 heterocycles. The third kappa shape index (κ3) is 5.95. The second-order valence-electron chi connectivity index (χ2n) is 20.1. The average molecular weight is 944 g/mol. The zero-order valence-electron chi connectivity index (χ0n) is 41.2. The van der Waals surface area contributed by atoms with Crippen LogP contribution in [0.5, 0.6) is 0 Å². The summed E-state index contributed by atoms with van der Waals surface area (Å²) in [6.45, 7) is 4.33. The lowest BCUT2D eigenvalue weighted by atomic mass is 9.68. The fourth-order valence-electron chi connectivity index (χ4n) is 13.1. The highest BCUT2D eigenvalue weighted by atomic mass is 15.2. The highest BCUT2D eigenvalue weighted by Crippen LogP contribution is 2.69. The molecule has 15 rings (SSSR count). The van der Waals surface area contributed by atoms with Gasteiger partial charge in [0.1, 0.15) is 0 Å². The highest BCUT2D eigenvalue weighted by Gasteiger charge is 2.55. The Kier molecular flexibility index (Phi) is 9.31. The van der Waals surface area contributed by atoms with Gasteiger partial charge >= 0.3 is 0 Å². The standard InChI is InChI=1S/C71H49N3/c1-46-34-38-51(39-35-46)72(48-20-6-3-7-21-48)53-42-43-58-60(44-53)54-26-12-13-29-57(54)67-68-65(73(49-22-8-4-9-23-49)52-40-36-47(2)37-41-52)45-64-66(59-30-16-19-33-63(59)74(64)50-24-10-5-11-25-50)70(68)71(69(58)67)61-31-17-14-27-55(61)56-28-15-18-32-62(56)71/h3-45H,1-2H3. The van der Waals surface area contributed by atoms with Crippen LogP contribution in [0.1, 0.15) is 33.4 Å². The molecule has 0 radical (unpaired) electrons. The molecule has 74 heavy (non-hydrogen) atoms. The minimum Gasteiger partial charge on any atom is -0.310 e. The van der Waals surface area contributed by atoms with Crippen molar-refractivity contribution in [2.75, 3.05) is 9.80 Å². The van der Waals surface area contributed by atoms with Gasteiger partial charge in [0.15, 0.2) is 0 Å². The first-order valence-electron chi connectivity index (χ1n) is 25.8. The number of hydrogen-bond donors (Lipinski definition) is 0. The van der Waals surface area contributed by atoms with E-state index in [-0.39, 0.29) is 0 Å². The maximum absolute atomic E-state index is 2.53. The number of aromatic nitrogens is 1. The number of aryl methyl sites for hydroxylation is 2. The third-order valence-electron chi connectivity index (χ3n) is 16.0. The van der Waals surface area contributed by atoms with Crippen molar-refractivity contribution in [3.05, 3.63) is 294 Å². The molecular weight excluding hydrogens is 895 g/mol. The van der Waals surface area contributed by atoms with Gasteiger partial charge in [-0.15, -0.1) is 0 Å². The second kappa shape index (κ2) is 16.3. The van der Waals surface area contributed by atoms with Gasteiger partial charge in [0.2, 0.25) is 0 Å². The number of benzene rings is 12.